The molecule has 4 aromatic rings. The Balaban J connectivity index is 1.67. The van der Waals surface area contributed by atoms with Gasteiger partial charge < -0.3 is 9.40 Å². The summed E-state index contributed by atoms with van der Waals surface area (Å²) in [6, 6.07) is 13.0. The van der Waals surface area contributed by atoms with Crippen LogP contribution in [-0.4, -0.2) is 14.5 Å². The molecule has 4 rings (SSSR count). The van der Waals surface area contributed by atoms with Crippen LogP contribution >= 0.6 is 0 Å². The molecule has 2 heterocycles. The van der Waals surface area contributed by atoms with Crippen molar-refractivity contribution in [1.29, 1.82) is 0 Å². The van der Waals surface area contributed by atoms with Crippen molar-refractivity contribution < 1.29 is 4.42 Å². The molecule has 1 N–H and O–H groups in total. The van der Waals surface area contributed by atoms with Crippen LogP contribution in [0.25, 0.3) is 22.0 Å². The molecule has 2 aromatic heterocycles. The second-order valence-corrected chi connectivity index (χ2v) is 6.68. The van der Waals surface area contributed by atoms with Gasteiger partial charge >= 0.3 is 5.76 Å². The van der Waals surface area contributed by atoms with Gasteiger partial charge in [0.05, 0.1) is 16.4 Å². The van der Waals surface area contributed by atoms with Gasteiger partial charge in [-0.05, 0) is 35.7 Å². The predicted octanol–water partition coefficient (Wildman–Crippen LogP) is 3.20. The molecule has 0 aliphatic carbocycles. The van der Waals surface area contributed by atoms with E-state index in [4.69, 9.17) is 4.42 Å². The highest BCUT2D eigenvalue weighted by molar-refractivity contribution is 5.78. The Kier molecular flexibility index (Phi) is 3.95. The summed E-state index contributed by atoms with van der Waals surface area (Å²) in [5, 5.41) is 0.589. The van der Waals surface area contributed by atoms with Gasteiger partial charge in [-0.2, -0.15) is 0 Å². The van der Waals surface area contributed by atoms with E-state index in [1.165, 1.54) is 0 Å². The van der Waals surface area contributed by atoms with Crippen molar-refractivity contribution in [2.75, 3.05) is 0 Å². The first-order valence-corrected chi connectivity index (χ1v) is 8.64. The standard InChI is InChI=1S/C20H19N3O3/c1-12(2)13-7-8-15-14(11-13)19(24)22-18(21-15)9-10-23-16-5-3-4-6-17(16)26-20(23)25/h3-8,11-12H,9-10H2,1-2H3,(H,21,22,24). The van der Waals surface area contributed by atoms with Gasteiger partial charge in [-0.1, -0.05) is 32.0 Å². The Morgan fingerprint density at radius 3 is 2.77 bits per heavy atom. The minimum atomic E-state index is -0.407. The van der Waals surface area contributed by atoms with Crippen LogP contribution in [0.15, 0.2) is 56.5 Å². The Hall–Kier alpha value is -3.15. The molecular weight excluding hydrogens is 330 g/mol. The van der Waals surface area contributed by atoms with Crippen LogP contribution in [0.4, 0.5) is 0 Å². The quantitative estimate of drug-likeness (QED) is 0.613. The van der Waals surface area contributed by atoms with Gasteiger partial charge in [0, 0.05) is 13.0 Å². The lowest BCUT2D eigenvalue weighted by Crippen LogP contribution is -2.18. The number of oxazole rings is 1. The molecule has 0 saturated heterocycles. The van der Waals surface area contributed by atoms with Crippen molar-refractivity contribution >= 4 is 22.0 Å². The van der Waals surface area contributed by atoms with E-state index < -0.39 is 5.76 Å². The zero-order chi connectivity index (χ0) is 18.3. The SMILES string of the molecule is CC(C)c1ccc2nc(CCn3c(=O)oc4ccccc43)[nH]c(=O)c2c1. The van der Waals surface area contributed by atoms with Crippen LogP contribution in [0.3, 0.4) is 0 Å². The molecule has 0 amide bonds. The molecule has 0 spiro atoms. The summed E-state index contributed by atoms with van der Waals surface area (Å²) in [5.41, 5.74) is 2.91. The first-order valence-electron chi connectivity index (χ1n) is 8.64. The predicted molar refractivity (Wildman–Crippen MR) is 101 cm³/mol. The number of nitrogens with one attached hydrogen (secondary N) is 1. The summed E-state index contributed by atoms with van der Waals surface area (Å²) in [5.74, 6) is 0.493. The molecule has 0 aliphatic rings. The molecule has 132 valence electrons. The van der Waals surface area contributed by atoms with Gasteiger partial charge in [-0.3, -0.25) is 9.36 Å². The average Bonchev–Trinajstić information content (AvgIpc) is 2.94. The highest BCUT2D eigenvalue weighted by Gasteiger charge is 2.11. The number of nitrogens with zero attached hydrogens (tertiary/aromatic N) is 2. The fraction of sp³-hybridized carbons (Fsp3) is 0.250. The summed E-state index contributed by atoms with van der Waals surface area (Å²) >= 11 is 0. The fourth-order valence-corrected chi connectivity index (χ4v) is 3.13. The van der Waals surface area contributed by atoms with Crippen molar-refractivity contribution in [2.24, 2.45) is 0 Å². The molecule has 6 heteroatoms. The minimum Gasteiger partial charge on any atom is -0.408 e. The number of hydrogen-bond donors (Lipinski definition) is 1. The number of para-hydroxylation sites is 2. The molecule has 0 unspecified atom stereocenters. The van der Waals surface area contributed by atoms with Gasteiger partial charge in [0.2, 0.25) is 0 Å². The Labute approximate surface area is 149 Å². The number of aromatic nitrogens is 3. The third kappa shape index (κ3) is 2.83. The summed E-state index contributed by atoms with van der Waals surface area (Å²) in [4.78, 5) is 31.9. The van der Waals surface area contributed by atoms with Crippen molar-refractivity contribution in [1.82, 2.24) is 14.5 Å². The van der Waals surface area contributed by atoms with E-state index >= 15 is 0 Å². The maximum atomic E-state index is 12.4. The van der Waals surface area contributed by atoms with Crippen LogP contribution in [0, 0.1) is 0 Å². The topological polar surface area (TPSA) is 80.9 Å². The summed E-state index contributed by atoms with van der Waals surface area (Å²) < 4.78 is 6.79. The van der Waals surface area contributed by atoms with Crippen LogP contribution < -0.4 is 11.3 Å². The molecule has 0 saturated carbocycles. The molecule has 0 fully saturated rings. The van der Waals surface area contributed by atoms with Crippen LogP contribution in [-0.2, 0) is 13.0 Å². The molecule has 26 heavy (non-hydrogen) atoms. The van der Waals surface area contributed by atoms with Crippen LogP contribution in [0.2, 0.25) is 0 Å². The number of hydrogen-bond acceptors (Lipinski definition) is 4. The van der Waals surface area contributed by atoms with Crippen molar-refractivity contribution in [3.8, 4) is 0 Å². The lowest BCUT2D eigenvalue weighted by Gasteiger charge is -2.08. The lowest BCUT2D eigenvalue weighted by molar-refractivity contribution is 0.503. The molecule has 0 bridgehead atoms. The number of H-pyrrole nitrogens is 1. The average molecular weight is 349 g/mol. The van der Waals surface area contributed by atoms with E-state index in [1.54, 1.807) is 10.6 Å². The molecule has 2 aromatic carbocycles. The molecular formula is C20H19N3O3. The summed E-state index contributed by atoms with van der Waals surface area (Å²) in [6.07, 6.45) is 0.431. The number of rotatable bonds is 4. The Morgan fingerprint density at radius 2 is 1.96 bits per heavy atom. The second-order valence-electron chi connectivity index (χ2n) is 6.68. The maximum Gasteiger partial charge on any atom is 0.419 e. The largest absolute Gasteiger partial charge is 0.419 e. The minimum absolute atomic E-state index is 0.156. The Morgan fingerprint density at radius 1 is 1.15 bits per heavy atom. The van der Waals surface area contributed by atoms with Gasteiger partial charge in [-0.25, -0.2) is 9.78 Å². The summed E-state index contributed by atoms with van der Waals surface area (Å²) in [7, 11) is 0. The van der Waals surface area contributed by atoms with E-state index in [0.717, 1.165) is 11.1 Å². The number of aryl methyl sites for hydroxylation is 2. The maximum absolute atomic E-state index is 12.4. The zero-order valence-electron chi connectivity index (χ0n) is 14.7. The van der Waals surface area contributed by atoms with E-state index in [0.29, 0.717) is 41.2 Å². The Bertz CT molecular complexity index is 1210. The van der Waals surface area contributed by atoms with Gasteiger partial charge in [0.1, 0.15) is 5.82 Å². The lowest BCUT2D eigenvalue weighted by atomic mass is 10.0. The highest BCUT2D eigenvalue weighted by atomic mass is 16.4. The normalized spacial score (nSPS) is 11.7. The number of aromatic amines is 1. The zero-order valence-corrected chi connectivity index (χ0v) is 14.7. The van der Waals surface area contributed by atoms with E-state index in [9.17, 15) is 9.59 Å². The monoisotopic (exact) mass is 349 g/mol. The smallest absolute Gasteiger partial charge is 0.408 e. The molecule has 0 atom stereocenters. The van der Waals surface area contributed by atoms with E-state index in [2.05, 4.69) is 23.8 Å². The van der Waals surface area contributed by atoms with Crippen LogP contribution in [0.5, 0.6) is 0 Å². The van der Waals surface area contributed by atoms with E-state index in [-0.39, 0.29) is 5.56 Å². The van der Waals surface area contributed by atoms with Crippen LogP contribution in [0.1, 0.15) is 31.2 Å². The summed E-state index contributed by atoms with van der Waals surface area (Å²) in [6.45, 7) is 4.56. The number of benzene rings is 2. The third-order valence-corrected chi connectivity index (χ3v) is 4.59. The van der Waals surface area contributed by atoms with Crippen molar-refractivity contribution in [2.45, 2.75) is 32.7 Å². The highest BCUT2D eigenvalue weighted by Crippen LogP contribution is 2.18. The number of fused-ring (bicyclic) bond motifs is 2. The van der Waals surface area contributed by atoms with Crippen molar-refractivity contribution in [3.05, 3.63) is 74.8 Å². The van der Waals surface area contributed by atoms with Crippen molar-refractivity contribution in [3.63, 3.8) is 0 Å². The molecule has 0 aliphatic heterocycles. The van der Waals surface area contributed by atoms with E-state index in [1.807, 2.05) is 36.4 Å². The van der Waals surface area contributed by atoms with Gasteiger partial charge in [0.15, 0.2) is 5.58 Å². The molecule has 0 radical (unpaired) electrons. The fourth-order valence-electron chi connectivity index (χ4n) is 3.13. The first-order chi connectivity index (χ1) is 12.5. The first kappa shape index (κ1) is 16.3. The van der Waals surface area contributed by atoms with Gasteiger partial charge in [0.25, 0.3) is 5.56 Å². The third-order valence-electron chi connectivity index (χ3n) is 4.59. The second kappa shape index (κ2) is 6.29. The van der Waals surface area contributed by atoms with Gasteiger partial charge in [-0.15, -0.1) is 0 Å². The molecule has 6 nitrogen and oxygen atoms in total.